The lowest BCUT2D eigenvalue weighted by atomic mass is 10.3. The van der Waals surface area contributed by atoms with Crippen molar-refractivity contribution in [3.63, 3.8) is 0 Å². The maximum atomic E-state index is 11.2. The molecule has 0 spiro atoms. The number of amides is 2. The molecule has 0 radical (unpaired) electrons. The fourth-order valence-corrected chi connectivity index (χ4v) is 1.24. The lowest BCUT2D eigenvalue weighted by molar-refractivity contribution is -0.126. The number of hydrazone groups is 1. The van der Waals surface area contributed by atoms with Crippen LogP contribution in [0.5, 0.6) is 0 Å². The molecule has 0 aliphatic heterocycles. The van der Waals surface area contributed by atoms with Gasteiger partial charge in [-0.1, -0.05) is 0 Å². The van der Waals surface area contributed by atoms with Gasteiger partial charge in [-0.3, -0.25) is 15.0 Å². The fourth-order valence-electron chi connectivity index (χ4n) is 0.921. The van der Waals surface area contributed by atoms with Gasteiger partial charge in [-0.2, -0.15) is 5.10 Å². The molecule has 1 rings (SSSR count). The van der Waals surface area contributed by atoms with E-state index in [1.54, 1.807) is 12.1 Å². The molecule has 8 heteroatoms. The monoisotopic (exact) mass is 302 g/mol. The summed E-state index contributed by atoms with van der Waals surface area (Å²) in [6, 6.07) is 3.39. The van der Waals surface area contributed by atoms with Crippen molar-refractivity contribution in [3.8, 4) is 0 Å². The highest BCUT2D eigenvalue weighted by molar-refractivity contribution is 9.10. The Labute approximate surface area is 106 Å². The molecule has 17 heavy (non-hydrogen) atoms. The van der Waals surface area contributed by atoms with Crippen LogP contribution in [0.4, 0.5) is 0 Å². The molecule has 0 unspecified atom stereocenters. The third-order valence-electron chi connectivity index (χ3n) is 1.72. The predicted molar refractivity (Wildman–Crippen MR) is 63.7 cm³/mol. The first-order valence-corrected chi connectivity index (χ1v) is 5.48. The molecule has 1 heterocycles. The molecule has 0 saturated heterocycles. The summed E-state index contributed by atoms with van der Waals surface area (Å²) in [5.41, 5.74) is 4.18. The number of furan rings is 1. The second-order valence-electron chi connectivity index (χ2n) is 3.00. The zero-order valence-corrected chi connectivity index (χ0v) is 10.4. The van der Waals surface area contributed by atoms with Gasteiger partial charge in [0.2, 0.25) is 11.8 Å². The maximum Gasteiger partial charge on any atom is 0.240 e. The van der Waals surface area contributed by atoms with E-state index in [0.717, 1.165) is 0 Å². The molecule has 0 aromatic carbocycles. The van der Waals surface area contributed by atoms with Crippen LogP contribution in [-0.4, -0.2) is 18.0 Å². The number of nitrogens with zero attached hydrogens (tertiary/aromatic N) is 1. The van der Waals surface area contributed by atoms with Gasteiger partial charge in [0, 0.05) is 12.8 Å². The molecule has 1 aromatic heterocycles. The second kappa shape index (κ2) is 6.81. The highest BCUT2D eigenvalue weighted by Gasteiger charge is 2.04. The molecule has 4 N–H and O–H groups in total. The van der Waals surface area contributed by atoms with Crippen molar-refractivity contribution >= 4 is 34.0 Å². The standard InChI is InChI=1S/C9H11BrN4O3/c10-7-2-1-6(17-7)5-12-14-9(16)4-3-8(15)13-11/h1-2,5H,3-4,11H2,(H,13,15)(H,14,16)/b12-5-. The number of halogens is 1. The number of hydrogen-bond acceptors (Lipinski definition) is 5. The minimum absolute atomic E-state index is 0.0161. The Bertz CT molecular complexity index is 430. The first kappa shape index (κ1) is 13.4. The molecule has 0 atom stereocenters. The predicted octanol–water partition coefficient (Wildman–Crippen LogP) is 0.262. The molecule has 7 nitrogen and oxygen atoms in total. The third-order valence-corrected chi connectivity index (χ3v) is 2.14. The number of rotatable bonds is 5. The van der Waals surface area contributed by atoms with Gasteiger partial charge in [0.05, 0.1) is 6.21 Å². The van der Waals surface area contributed by atoms with Crippen LogP contribution in [0.3, 0.4) is 0 Å². The molecule has 2 amide bonds. The van der Waals surface area contributed by atoms with Gasteiger partial charge in [0.25, 0.3) is 0 Å². The fraction of sp³-hybridized carbons (Fsp3) is 0.222. The van der Waals surface area contributed by atoms with E-state index in [9.17, 15) is 9.59 Å². The summed E-state index contributed by atoms with van der Waals surface area (Å²) >= 11 is 3.13. The van der Waals surface area contributed by atoms with Crippen LogP contribution in [0.15, 0.2) is 26.3 Å². The quantitative estimate of drug-likeness (QED) is 0.314. The molecular weight excluding hydrogens is 292 g/mol. The lowest BCUT2D eigenvalue weighted by Gasteiger charge is -1.98. The third kappa shape index (κ3) is 5.27. The summed E-state index contributed by atoms with van der Waals surface area (Å²) < 4.78 is 5.69. The van der Waals surface area contributed by atoms with Crippen LogP contribution < -0.4 is 16.7 Å². The highest BCUT2D eigenvalue weighted by atomic mass is 79.9. The summed E-state index contributed by atoms with van der Waals surface area (Å²) in [6.07, 6.45) is 1.39. The molecule has 0 saturated carbocycles. The minimum atomic E-state index is -0.404. The van der Waals surface area contributed by atoms with Gasteiger partial charge in [0.15, 0.2) is 4.67 Å². The van der Waals surface area contributed by atoms with E-state index < -0.39 is 5.91 Å². The normalized spacial score (nSPS) is 10.5. The Morgan fingerprint density at radius 2 is 2.12 bits per heavy atom. The van der Waals surface area contributed by atoms with Crippen molar-refractivity contribution in [3.05, 3.63) is 22.6 Å². The van der Waals surface area contributed by atoms with Crippen LogP contribution in [0.1, 0.15) is 18.6 Å². The zero-order valence-electron chi connectivity index (χ0n) is 8.77. The summed E-state index contributed by atoms with van der Waals surface area (Å²) in [6.45, 7) is 0. The van der Waals surface area contributed by atoms with E-state index >= 15 is 0 Å². The largest absolute Gasteiger partial charge is 0.448 e. The van der Waals surface area contributed by atoms with Gasteiger partial charge in [0.1, 0.15) is 5.76 Å². The zero-order chi connectivity index (χ0) is 12.7. The van der Waals surface area contributed by atoms with Crippen molar-refractivity contribution in [1.29, 1.82) is 0 Å². The van der Waals surface area contributed by atoms with Gasteiger partial charge in [-0.15, -0.1) is 0 Å². The van der Waals surface area contributed by atoms with Crippen molar-refractivity contribution in [2.75, 3.05) is 0 Å². The Morgan fingerprint density at radius 1 is 1.41 bits per heavy atom. The van der Waals surface area contributed by atoms with E-state index in [0.29, 0.717) is 10.4 Å². The maximum absolute atomic E-state index is 11.2. The molecule has 1 aromatic rings. The highest BCUT2D eigenvalue weighted by Crippen LogP contribution is 2.11. The Balaban J connectivity index is 2.28. The van der Waals surface area contributed by atoms with Crippen LogP contribution >= 0.6 is 15.9 Å². The first-order chi connectivity index (χ1) is 8.11. The number of nitrogens with two attached hydrogens (primary N) is 1. The van der Waals surface area contributed by atoms with Crippen LogP contribution in [0.2, 0.25) is 0 Å². The van der Waals surface area contributed by atoms with Crippen LogP contribution in [0, 0.1) is 0 Å². The van der Waals surface area contributed by atoms with Gasteiger partial charge >= 0.3 is 0 Å². The first-order valence-electron chi connectivity index (χ1n) is 4.68. The molecular formula is C9H11BrN4O3. The smallest absolute Gasteiger partial charge is 0.240 e. The Morgan fingerprint density at radius 3 is 2.71 bits per heavy atom. The molecule has 0 aliphatic carbocycles. The topological polar surface area (TPSA) is 110 Å². The summed E-state index contributed by atoms with van der Waals surface area (Å²) in [5.74, 6) is 4.57. The summed E-state index contributed by atoms with van der Waals surface area (Å²) in [5, 5.41) is 3.66. The van der Waals surface area contributed by atoms with E-state index in [1.165, 1.54) is 6.21 Å². The van der Waals surface area contributed by atoms with E-state index in [4.69, 9.17) is 10.3 Å². The molecule has 0 fully saturated rings. The average molecular weight is 303 g/mol. The van der Waals surface area contributed by atoms with Crippen molar-refractivity contribution in [1.82, 2.24) is 10.9 Å². The van der Waals surface area contributed by atoms with E-state index in [2.05, 4.69) is 26.5 Å². The minimum Gasteiger partial charge on any atom is -0.448 e. The number of hydrazine groups is 1. The lowest BCUT2D eigenvalue weighted by Crippen LogP contribution is -2.31. The summed E-state index contributed by atoms with van der Waals surface area (Å²) in [7, 11) is 0. The van der Waals surface area contributed by atoms with Gasteiger partial charge in [-0.05, 0) is 28.1 Å². The van der Waals surface area contributed by atoms with E-state index in [1.807, 2.05) is 5.43 Å². The van der Waals surface area contributed by atoms with E-state index in [-0.39, 0.29) is 18.7 Å². The Kier molecular flexibility index (Phi) is 5.37. The second-order valence-corrected chi connectivity index (χ2v) is 3.78. The molecule has 0 aliphatic rings. The molecule has 92 valence electrons. The number of carbonyl (C=O) groups excluding carboxylic acids is 2. The molecule has 0 bridgehead atoms. The number of nitrogens with one attached hydrogen (secondary N) is 2. The van der Waals surface area contributed by atoms with Crippen LogP contribution in [0.25, 0.3) is 0 Å². The van der Waals surface area contributed by atoms with Gasteiger partial charge in [-0.25, -0.2) is 11.3 Å². The van der Waals surface area contributed by atoms with Crippen molar-refractivity contribution in [2.45, 2.75) is 12.8 Å². The van der Waals surface area contributed by atoms with Crippen molar-refractivity contribution in [2.24, 2.45) is 10.9 Å². The van der Waals surface area contributed by atoms with Gasteiger partial charge < -0.3 is 4.42 Å². The van der Waals surface area contributed by atoms with Crippen molar-refractivity contribution < 1.29 is 14.0 Å². The van der Waals surface area contributed by atoms with Crippen LogP contribution in [-0.2, 0) is 9.59 Å². The SMILES string of the molecule is NNC(=O)CCC(=O)N/N=C\c1ccc(Br)o1. The summed E-state index contributed by atoms with van der Waals surface area (Å²) in [4.78, 5) is 21.9. The average Bonchev–Trinajstić information content (AvgIpc) is 2.72. The number of carbonyl (C=O) groups is 2. The Hall–Kier alpha value is -1.67. The number of hydrogen-bond donors (Lipinski definition) is 3.